The van der Waals surface area contributed by atoms with E-state index in [-0.39, 0.29) is 12.1 Å². The molecule has 194 valence electrons. The highest BCUT2D eigenvalue weighted by Gasteiger charge is 2.25. The normalized spacial score (nSPS) is 18.9. The van der Waals surface area contributed by atoms with Crippen LogP contribution in [0.1, 0.15) is 49.8 Å². The topological polar surface area (TPSA) is 91.4 Å². The zero-order chi connectivity index (χ0) is 25.6. The van der Waals surface area contributed by atoms with Crippen molar-refractivity contribution in [1.29, 1.82) is 0 Å². The summed E-state index contributed by atoms with van der Waals surface area (Å²) in [7, 11) is 4.10. The van der Waals surface area contributed by atoms with E-state index in [9.17, 15) is 4.79 Å². The minimum Gasteiger partial charge on any atom is -0.457 e. The Morgan fingerprint density at radius 3 is 2.27 bits per heavy atom. The number of nitrogens with one attached hydrogen (secondary N) is 3. The van der Waals surface area contributed by atoms with Gasteiger partial charge < -0.3 is 25.6 Å². The SMILES string of the molecule is CN(C)c1nc(N[C@H]2CC[C@@H](NC(=O)Nc3ccc(Oc4ccccc4)cc3)CC2)nc2c1CCCC2. The fraction of sp³-hybridized carbons (Fsp3) is 0.414. The first-order valence-corrected chi connectivity index (χ1v) is 13.3. The van der Waals surface area contributed by atoms with Crippen molar-refractivity contribution in [3.8, 4) is 11.5 Å². The van der Waals surface area contributed by atoms with Crippen molar-refractivity contribution in [3.05, 3.63) is 65.9 Å². The van der Waals surface area contributed by atoms with Crippen LogP contribution in [0.3, 0.4) is 0 Å². The Balaban J connectivity index is 1.09. The van der Waals surface area contributed by atoms with E-state index in [1.54, 1.807) is 0 Å². The number of carbonyl (C=O) groups excluding carboxylic acids is 1. The molecule has 2 aliphatic rings. The average Bonchev–Trinajstić information content (AvgIpc) is 2.91. The summed E-state index contributed by atoms with van der Waals surface area (Å²) in [4.78, 5) is 24.4. The smallest absolute Gasteiger partial charge is 0.319 e. The maximum absolute atomic E-state index is 12.6. The Morgan fingerprint density at radius 1 is 0.865 bits per heavy atom. The van der Waals surface area contributed by atoms with Gasteiger partial charge in [0.15, 0.2) is 0 Å². The summed E-state index contributed by atoms with van der Waals surface area (Å²) < 4.78 is 5.81. The molecule has 1 saturated carbocycles. The number of aryl methyl sites for hydroxylation is 1. The molecule has 8 nitrogen and oxygen atoms in total. The van der Waals surface area contributed by atoms with Crippen molar-refractivity contribution in [2.45, 2.75) is 63.5 Å². The summed E-state index contributed by atoms with van der Waals surface area (Å²) in [6, 6.07) is 17.3. The predicted octanol–water partition coefficient (Wildman–Crippen LogP) is 5.76. The van der Waals surface area contributed by atoms with Crippen LogP contribution in [-0.4, -0.2) is 42.2 Å². The largest absolute Gasteiger partial charge is 0.457 e. The van der Waals surface area contributed by atoms with Gasteiger partial charge in [-0.2, -0.15) is 4.98 Å². The summed E-state index contributed by atoms with van der Waals surface area (Å²) in [6.07, 6.45) is 8.27. The van der Waals surface area contributed by atoms with Crippen LogP contribution in [0.5, 0.6) is 11.5 Å². The molecule has 2 amide bonds. The first kappa shape index (κ1) is 24.9. The molecule has 1 aromatic heterocycles. The summed E-state index contributed by atoms with van der Waals surface area (Å²) in [5, 5.41) is 9.63. The molecular weight excluding hydrogens is 464 g/mol. The number of rotatable bonds is 7. The molecule has 0 bridgehead atoms. The van der Waals surface area contributed by atoms with E-state index in [2.05, 4.69) is 34.9 Å². The second-order valence-corrected chi connectivity index (χ2v) is 10.1. The van der Waals surface area contributed by atoms with E-state index in [1.165, 1.54) is 24.1 Å². The molecule has 5 rings (SSSR count). The van der Waals surface area contributed by atoms with Gasteiger partial charge in [-0.05, 0) is 87.8 Å². The maximum Gasteiger partial charge on any atom is 0.319 e. The van der Waals surface area contributed by atoms with Crippen LogP contribution in [0.2, 0.25) is 0 Å². The molecule has 0 spiro atoms. The summed E-state index contributed by atoms with van der Waals surface area (Å²) in [5.74, 6) is 3.28. The Bertz CT molecular complexity index is 1190. The number of hydrogen-bond acceptors (Lipinski definition) is 6. The number of anilines is 3. The van der Waals surface area contributed by atoms with E-state index in [0.717, 1.165) is 67.5 Å². The summed E-state index contributed by atoms with van der Waals surface area (Å²) in [5.41, 5.74) is 3.23. The van der Waals surface area contributed by atoms with Crippen molar-refractivity contribution in [2.24, 2.45) is 0 Å². The number of benzene rings is 2. The minimum absolute atomic E-state index is 0.153. The van der Waals surface area contributed by atoms with Gasteiger partial charge in [0.05, 0.1) is 5.69 Å². The zero-order valence-corrected chi connectivity index (χ0v) is 21.7. The van der Waals surface area contributed by atoms with E-state index in [4.69, 9.17) is 14.7 Å². The first-order chi connectivity index (χ1) is 18.0. The Morgan fingerprint density at radius 2 is 1.54 bits per heavy atom. The molecule has 1 heterocycles. The van der Waals surface area contributed by atoms with Gasteiger partial charge in [0.2, 0.25) is 5.95 Å². The minimum atomic E-state index is -0.179. The van der Waals surface area contributed by atoms with Crippen LogP contribution in [0.25, 0.3) is 0 Å². The van der Waals surface area contributed by atoms with Crippen molar-refractivity contribution in [3.63, 3.8) is 0 Å². The molecule has 3 aromatic rings. The molecule has 37 heavy (non-hydrogen) atoms. The molecule has 1 fully saturated rings. The third kappa shape index (κ3) is 6.50. The highest BCUT2D eigenvalue weighted by molar-refractivity contribution is 5.89. The molecule has 0 radical (unpaired) electrons. The molecule has 0 aliphatic heterocycles. The lowest BCUT2D eigenvalue weighted by Gasteiger charge is -2.30. The van der Waals surface area contributed by atoms with Crippen molar-refractivity contribution in [2.75, 3.05) is 29.6 Å². The zero-order valence-electron chi connectivity index (χ0n) is 21.7. The van der Waals surface area contributed by atoms with Gasteiger partial charge in [0.25, 0.3) is 0 Å². The first-order valence-electron chi connectivity index (χ1n) is 13.3. The van der Waals surface area contributed by atoms with E-state index >= 15 is 0 Å². The summed E-state index contributed by atoms with van der Waals surface area (Å²) >= 11 is 0. The molecule has 0 unspecified atom stereocenters. The lowest BCUT2D eigenvalue weighted by atomic mass is 9.91. The van der Waals surface area contributed by atoms with Gasteiger partial charge in [0, 0.05) is 37.4 Å². The number of para-hydroxylation sites is 1. The fourth-order valence-corrected chi connectivity index (χ4v) is 5.16. The molecular formula is C29H36N6O2. The van der Waals surface area contributed by atoms with Gasteiger partial charge in [-0.1, -0.05) is 18.2 Å². The number of hydrogen-bond donors (Lipinski definition) is 3. The van der Waals surface area contributed by atoms with Crippen LogP contribution >= 0.6 is 0 Å². The van der Waals surface area contributed by atoms with E-state index < -0.39 is 0 Å². The Kier molecular flexibility index (Phi) is 7.73. The number of amides is 2. The number of urea groups is 1. The third-order valence-corrected chi connectivity index (χ3v) is 7.07. The quantitative estimate of drug-likeness (QED) is 0.382. The van der Waals surface area contributed by atoms with Crippen LogP contribution in [0, 0.1) is 0 Å². The molecule has 0 saturated heterocycles. The Hall–Kier alpha value is -3.81. The monoisotopic (exact) mass is 500 g/mol. The second-order valence-electron chi connectivity index (χ2n) is 10.1. The van der Waals surface area contributed by atoms with Gasteiger partial charge in [-0.3, -0.25) is 0 Å². The second kappa shape index (κ2) is 11.5. The van der Waals surface area contributed by atoms with Crippen molar-refractivity contribution < 1.29 is 9.53 Å². The number of fused-ring (bicyclic) bond motifs is 1. The number of aromatic nitrogens is 2. The standard InChI is InChI=1S/C29H36N6O2/c1-35(2)27-25-10-6-7-11-26(25)33-28(34-27)30-20-12-14-21(15-13-20)31-29(36)32-22-16-18-24(19-17-22)37-23-8-4-3-5-9-23/h3-5,8-9,16-21H,6-7,10-15H2,1-2H3,(H,30,33,34)(H2,31,32,36)/t20-,21+. The van der Waals surface area contributed by atoms with Crippen molar-refractivity contribution in [1.82, 2.24) is 15.3 Å². The van der Waals surface area contributed by atoms with Crippen LogP contribution in [0.15, 0.2) is 54.6 Å². The molecule has 8 heteroatoms. The van der Waals surface area contributed by atoms with Gasteiger partial charge in [-0.25, -0.2) is 9.78 Å². The fourth-order valence-electron chi connectivity index (χ4n) is 5.16. The third-order valence-electron chi connectivity index (χ3n) is 7.07. The lowest BCUT2D eigenvalue weighted by molar-refractivity contribution is 0.243. The van der Waals surface area contributed by atoms with E-state index in [1.807, 2.05) is 54.6 Å². The Labute approximate surface area is 218 Å². The van der Waals surface area contributed by atoms with Gasteiger partial charge >= 0.3 is 6.03 Å². The maximum atomic E-state index is 12.6. The van der Waals surface area contributed by atoms with Crippen molar-refractivity contribution >= 4 is 23.5 Å². The molecule has 2 aliphatic carbocycles. The predicted molar refractivity (Wildman–Crippen MR) is 148 cm³/mol. The van der Waals surface area contributed by atoms with Crippen LogP contribution < -0.4 is 25.6 Å². The molecule has 2 aromatic carbocycles. The van der Waals surface area contributed by atoms with E-state index in [0.29, 0.717) is 6.04 Å². The number of ether oxygens (including phenoxy) is 1. The summed E-state index contributed by atoms with van der Waals surface area (Å²) in [6.45, 7) is 0. The lowest BCUT2D eigenvalue weighted by Crippen LogP contribution is -2.42. The highest BCUT2D eigenvalue weighted by Crippen LogP contribution is 2.29. The van der Waals surface area contributed by atoms with Gasteiger partial charge in [0.1, 0.15) is 17.3 Å². The highest BCUT2D eigenvalue weighted by atomic mass is 16.5. The molecule has 0 atom stereocenters. The number of nitrogens with zero attached hydrogens (tertiary/aromatic N) is 3. The average molecular weight is 501 g/mol. The molecule has 3 N–H and O–H groups in total. The number of carbonyl (C=O) groups is 1. The van der Waals surface area contributed by atoms with Crippen LogP contribution in [0.4, 0.5) is 22.2 Å². The van der Waals surface area contributed by atoms with Gasteiger partial charge in [-0.15, -0.1) is 0 Å². The van der Waals surface area contributed by atoms with Crippen LogP contribution in [-0.2, 0) is 12.8 Å².